The van der Waals surface area contributed by atoms with Gasteiger partial charge in [-0.2, -0.15) is 25.0 Å². The van der Waals surface area contributed by atoms with Crippen LogP contribution in [0.3, 0.4) is 0 Å². The van der Waals surface area contributed by atoms with Crippen molar-refractivity contribution in [1.82, 2.24) is 40.5 Å². The molecule has 0 saturated heterocycles. The standard InChI is InChI=1S/C53H56FN13O2/c1-69-41-23-19-37(20-24-41)31-65-27-9-16-43-44-48(59-52(60-49(44)65)55-26-25-34-17-21-39(54)22-18-34)64-67(43)40-15-8-14-38(28-40)32-66-33-42(51(68)56-29-35-10-4-2-5-11-35)46-45-47(63-62-46)58-53(61-50(45)66)57-30-36-12-6-3-7-13-36/h3,6-8,12-15,17-24,28,35,42H,2,4-5,9-11,16,25-27,29-33H2,1H3,(H4,55,56,57,58,59,61,62,63,64,68)/p+1. The van der Waals surface area contributed by atoms with Crippen molar-refractivity contribution < 1.29 is 18.6 Å². The summed E-state index contributed by atoms with van der Waals surface area (Å²) in [5, 5.41) is 23.5. The van der Waals surface area contributed by atoms with Crippen molar-refractivity contribution >= 4 is 51.5 Å². The monoisotopic (exact) mass is 926 g/mol. The van der Waals surface area contributed by atoms with Gasteiger partial charge in [0.05, 0.1) is 24.1 Å². The minimum Gasteiger partial charge on any atom is -0.497 e. The second kappa shape index (κ2) is 19.5. The maximum absolute atomic E-state index is 14.2. The van der Waals surface area contributed by atoms with Crippen molar-refractivity contribution in [3.8, 4) is 11.4 Å². The molecule has 16 heteroatoms. The topological polar surface area (TPSA) is 169 Å². The number of carbonyl (C=O) groups excluding carboxylic acids is 1. The lowest BCUT2D eigenvalue weighted by Gasteiger charge is -2.33. The molecule has 6 heterocycles. The number of benzene rings is 4. The number of methoxy groups -OCH3 is 1. The molecule has 1 fully saturated rings. The first-order valence-corrected chi connectivity index (χ1v) is 24.3. The molecular weight excluding hydrogens is 870 g/mol. The number of rotatable bonds is 16. The predicted molar refractivity (Wildman–Crippen MR) is 265 cm³/mol. The van der Waals surface area contributed by atoms with Crippen LogP contribution in [-0.2, 0) is 37.3 Å². The van der Waals surface area contributed by atoms with E-state index in [1.807, 2.05) is 42.5 Å². The first-order chi connectivity index (χ1) is 33.9. The van der Waals surface area contributed by atoms with E-state index in [2.05, 4.69) is 94.3 Å². The van der Waals surface area contributed by atoms with Crippen LogP contribution in [0, 0.1) is 11.7 Å². The summed E-state index contributed by atoms with van der Waals surface area (Å²) in [6.45, 7) is 4.20. The third-order valence-electron chi connectivity index (χ3n) is 13.9. The number of aromatic nitrogens is 8. The Kier molecular flexibility index (Phi) is 12.4. The van der Waals surface area contributed by atoms with E-state index >= 15 is 0 Å². The SMILES string of the molecule is COc1ccc(CN2CCCc3c4c2nc(NCCc2ccc(F)cc2)nc4[nH][n+]3-c2cccc(CN3CC(C(=O)NCC4CCCCC4)c4[nH]nc5nc(NCc6ccccc6)nc3c45)c2)cc1. The Labute approximate surface area is 399 Å². The molecule has 0 bridgehead atoms. The number of aromatic amines is 2. The van der Waals surface area contributed by atoms with Crippen molar-refractivity contribution in [2.45, 2.75) is 76.9 Å². The molecule has 0 radical (unpaired) electrons. The summed E-state index contributed by atoms with van der Waals surface area (Å²) in [5.41, 5.74) is 8.42. The van der Waals surface area contributed by atoms with Crippen molar-refractivity contribution in [2.24, 2.45) is 5.92 Å². The lowest BCUT2D eigenvalue weighted by atomic mass is 9.89. The van der Waals surface area contributed by atoms with Crippen LogP contribution in [-0.4, -0.2) is 74.4 Å². The van der Waals surface area contributed by atoms with Crippen molar-refractivity contribution in [3.63, 3.8) is 0 Å². The van der Waals surface area contributed by atoms with Crippen LogP contribution >= 0.6 is 0 Å². The zero-order chi connectivity index (χ0) is 46.7. The van der Waals surface area contributed by atoms with E-state index < -0.39 is 5.92 Å². The number of ether oxygens (including phenoxy) is 1. The van der Waals surface area contributed by atoms with Gasteiger partial charge in [-0.25, -0.2) is 4.39 Å². The van der Waals surface area contributed by atoms with Crippen LogP contribution in [0.5, 0.6) is 5.75 Å². The number of nitrogens with zero attached hydrogens (tertiary/aromatic N) is 8. The number of H-pyrrole nitrogens is 2. The molecule has 4 aromatic carbocycles. The van der Waals surface area contributed by atoms with E-state index in [1.165, 1.54) is 31.4 Å². The largest absolute Gasteiger partial charge is 0.497 e. The molecule has 11 rings (SSSR count). The molecule has 1 saturated carbocycles. The second-order valence-electron chi connectivity index (χ2n) is 18.6. The van der Waals surface area contributed by atoms with E-state index in [4.69, 9.17) is 24.7 Å². The van der Waals surface area contributed by atoms with E-state index in [0.717, 1.165) is 105 Å². The Bertz CT molecular complexity index is 3080. The molecule has 1 aliphatic carbocycles. The van der Waals surface area contributed by atoms with Gasteiger partial charge >= 0.3 is 0 Å². The Balaban J connectivity index is 0.919. The summed E-state index contributed by atoms with van der Waals surface area (Å²) in [6, 6.07) is 33.5. The molecule has 5 N–H and O–H groups in total. The molecule has 4 aromatic heterocycles. The lowest BCUT2D eigenvalue weighted by Crippen LogP contribution is -2.42. The fourth-order valence-electron chi connectivity index (χ4n) is 10.3. The maximum Gasteiger partial charge on any atom is 0.236 e. The number of halogens is 1. The van der Waals surface area contributed by atoms with Gasteiger partial charge in [0.2, 0.25) is 34.8 Å². The second-order valence-corrected chi connectivity index (χ2v) is 18.6. The van der Waals surface area contributed by atoms with E-state index in [-0.39, 0.29) is 11.7 Å². The summed E-state index contributed by atoms with van der Waals surface area (Å²) in [7, 11) is 1.68. The van der Waals surface area contributed by atoms with E-state index in [9.17, 15) is 9.18 Å². The molecule has 1 unspecified atom stereocenters. The van der Waals surface area contributed by atoms with E-state index in [1.54, 1.807) is 7.11 Å². The summed E-state index contributed by atoms with van der Waals surface area (Å²) in [5.74, 6) is 3.18. The number of hydrogen-bond acceptors (Lipinski definition) is 11. The summed E-state index contributed by atoms with van der Waals surface area (Å²) in [6.07, 6.45) is 8.41. The normalized spacial score (nSPS) is 15.9. The average Bonchev–Trinajstić information content (AvgIpc) is 3.93. The molecule has 15 nitrogen and oxygen atoms in total. The van der Waals surface area contributed by atoms with Gasteiger partial charge in [-0.1, -0.05) is 90.7 Å². The number of carbonyl (C=O) groups is 1. The number of amides is 1. The Hall–Kier alpha value is -7.62. The van der Waals surface area contributed by atoms with Gasteiger partial charge < -0.3 is 30.5 Å². The molecule has 3 aliphatic rings. The molecular formula is C53H57FN13O2+. The third kappa shape index (κ3) is 9.47. The Morgan fingerprint density at radius 2 is 1.54 bits per heavy atom. The molecule has 1 atom stereocenters. The zero-order valence-corrected chi connectivity index (χ0v) is 38.8. The van der Waals surface area contributed by atoms with E-state index in [0.29, 0.717) is 69.2 Å². The molecule has 69 heavy (non-hydrogen) atoms. The van der Waals surface area contributed by atoms with Crippen LogP contribution in [0.4, 0.5) is 27.9 Å². The number of anilines is 4. The number of nitrogens with one attached hydrogen (secondary N) is 5. The minimum absolute atomic E-state index is 0.00661. The van der Waals surface area contributed by atoms with Crippen LogP contribution in [0.25, 0.3) is 27.8 Å². The quantitative estimate of drug-likeness (QED) is 0.0595. The maximum atomic E-state index is 14.2. The average molecular weight is 927 g/mol. The van der Waals surface area contributed by atoms with Gasteiger partial charge in [0, 0.05) is 64.4 Å². The van der Waals surface area contributed by atoms with Crippen molar-refractivity contribution in [1.29, 1.82) is 0 Å². The van der Waals surface area contributed by atoms with Gasteiger partial charge in [-0.15, -0.1) is 5.10 Å². The van der Waals surface area contributed by atoms with Gasteiger partial charge in [-0.05, 0) is 78.1 Å². The summed E-state index contributed by atoms with van der Waals surface area (Å²) < 4.78 is 21.3. The van der Waals surface area contributed by atoms with Crippen LogP contribution < -0.4 is 35.2 Å². The van der Waals surface area contributed by atoms with Gasteiger partial charge in [0.25, 0.3) is 0 Å². The Morgan fingerprint density at radius 1 is 0.783 bits per heavy atom. The highest BCUT2D eigenvalue weighted by atomic mass is 19.1. The number of hydrogen-bond donors (Lipinski definition) is 5. The highest BCUT2D eigenvalue weighted by Crippen LogP contribution is 2.39. The zero-order valence-electron chi connectivity index (χ0n) is 38.8. The molecule has 1 amide bonds. The minimum atomic E-state index is -0.478. The predicted octanol–water partition coefficient (Wildman–Crippen LogP) is 8.07. The van der Waals surface area contributed by atoms with Gasteiger partial charge in [-0.3, -0.25) is 9.89 Å². The van der Waals surface area contributed by atoms with Gasteiger partial charge in [0.1, 0.15) is 22.8 Å². The highest BCUT2D eigenvalue weighted by Gasteiger charge is 2.37. The highest BCUT2D eigenvalue weighted by molar-refractivity contribution is 5.98. The molecule has 8 aromatic rings. The first kappa shape index (κ1) is 43.9. The first-order valence-electron chi connectivity index (χ1n) is 24.3. The van der Waals surface area contributed by atoms with Crippen molar-refractivity contribution in [2.75, 3.05) is 53.7 Å². The summed E-state index contributed by atoms with van der Waals surface area (Å²) in [4.78, 5) is 39.0. The third-order valence-corrected chi connectivity index (χ3v) is 13.9. The smallest absolute Gasteiger partial charge is 0.236 e. The fraction of sp³-hybridized carbons (Fsp3) is 0.340. The molecule has 0 spiro atoms. The van der Waals surface area contributed by atoms with Crippen LogP contribution in [0.2, 0.25) is 0 Å². The molecule has 2 aliphatic heterocycles. The summed E-state index contributed by atoms with van der Waals surface area (Å²) >= 11 is 0. The lowest BCUT2D eigenvalue weighted by molar-refractivity contribution is -0.660. The molecule has 352 valence electrons. The van der Waals surface area contributed by atoms with Gasteiger partial charge in [0.15, 0.2) is 11.5 Å². The van der Waals surface area contributed by atoms with Crippen molar-refractivity contribution in [3.05, 3.63) is 143 Å². The van der Waals surface area contributed by atoms with Crippen LogP contribution in [0.15, 0.2) is 103 Å². The number of aryl methyl sites for hydroxylation is 1. The fourth-order valence-corrected chi connectivity index (χ4v) is 10.3. The van der Waals surface area contributed by atoms with Crippen LogP contribution in [0.1, 0.15) is 78.1 Å². The Morgan fingerprint density at radius 3 is 2.35 bits per heavy atom.